The minimum Gasteiger partial charge on any atom is -0.508 e. The van der Waals surface area contributed by atoms with Crippen LogP contribution in [-0.2, 0) is 4.74 Å². The molecule has 0 saturated heterocycles. The van der Waals surface area contributed by atoms with E-state index in [1.807, 2.05) is 13.8 Å². The number of ether oxygens (including phenoxy) is 1. The Hall–Kier alpha value is -0.730. The van der Waals surface area contributed by atoms with Gasteiger partial charge in [-0.1, -0.05) is 18.5 Å². The lowest BCUT2D eigenvalue weighted by atomic mass is 10.1. The molecule has 78 valence electrons. The first-order chi connectivity index (χ1) is 6.69. The summed E-state index contributed by atoms with van der Waals surface area (Å²) in [6, 6.07) is 5.01. The fourth-order valence-electron chi connectivity index (χ4n) is 1.41. The summed E-state index contributed by atoms with van der Waals surface area (Å²) in [6.07, 6.45) is 0.751. The maximum atomic E-state index is 9.62. The van der Waals surface area contributed by atoms with Crippen molar-refractivity contribution in [1.29, 1.82) is 0 Å². The van der Waals surface area contributed by atoms with Crippen LogP contribution >= 0.6 is 11.6 Å². The highest BCUT2D eigenvalue weighted by Gasteiger charge is 2.13. The Bertz CT molecular complexity index is 299. The van der Waals surface area contributed by atoms with Crippen LogP contribution in [0.1, 0.15) is 31.9 Å². The molecular weight excluding hydrogens is 200 g/mol. The highest BCUT2D eigenvalue weighted by molar-refractivity contribution is 6.30. The van der Waals surface area contributed by atoms with E-state index in [0.717, 1.165) is 12.0 Å². The normalized spacial score (nSPS) is 12.8. The van der Waals surface area contributed by atoms with Gasteiger partial charge in [0.15, 0.2) is 0 Å². The Labute approximate surface area is 89.5 Å². The molecule has 3 heteroatoms. The van der Waals surface area contributed by atoms with E-state index in [1.165, 1.54) is 0 Å². The van der Waals surface area contributed by atoms with Crippen molar-refractivity contribution < 1.29 is 9.84 Å². The lowest BCUT2D eigenvalue weighted by molar-refractivity contribution is 0.0581. The highest BCUT2D eigenvalue weighted by Crippen LogP contribution is 2.31. The molecule has 0 bridgehead atoms. The molecule has 0 aliphatic carbocycles. The highest BCUT2D eigenvalue weighted by atomic mass is 35.5. The minimum atomic E-state index is -0.0706. The van der Waals surface area contributed by atoms with Gasteiger partial charge in [-0.25, -0.2) is 0 Å². The summed E-state index contributed by atoms with van der Waals surface area (Å²) in [5, 5.41) is 10.2. The molecule has 0 aromatic heterocycles. The first-order valence-electron chi connectivity index (χ1n) is 4.79. The third kappa shape index (κ3) is 2.63. The molecule has 0 amide bonds. The zero-order valence-electron chi connectivity index (χ0n) is 8.46. The van der Waals surface area contributed by atoms with Crippen molar-refractivity contribution in [2.45, 2.75) is 26.4 Å². The van der Waals surface area contributed by atoms with E-state index in [0.29, 0.717) is 11.6 Å². The summed E-state index contributed by atoms with van der Waals surface area (Å²) in [6.45, 7) is 4.58. The molecule has 0 fully saturated rings. The van der Waals surface area contributed by atoms with Gasteiger partial charge >= 0.3 is 0 Å². The first kappa shape index (κ1) is 11.3. The second-order valence-corrected chi connectivity index (χ2v) is 3.49. The van der Waals surface area contributed by atoms with Crippen LogP contribution in [0, 0.1) is 0 Å². The maximum Gasteiger partial charge on any atom is 0.121 e. The van der Waals surface area contributed by atoms with Gasteiger partial charge in [0.1, 0.15) is 5.75 Å². The summed E-state index contributed by atoms with van der Waals surface area (Å²) >= 11 is 5.85. The van der Waals surface area contributed by atoms with E-state index in [2.05, 4.69) is 0 Å². The number of hydrogen-bond acceptors (Lipinski definition) is 2. The minimum absolute atomic E-state index is 0.0706. The van der Waals surface area contributed by atoms with E-state index < -0.39 is 0 Å². The Balaban J connectivity index is 2.96. The van der Waals surface area contributed by atoms with Gasteiger partial charge in [0.05, 0.1) is 6.10 Å². The van der Waals surface area contributed by atoms with E-state index in [9.17, 15) is 5.11 Å². The Morgan fingerprint density at radius 3 is 2.71 bits per heavy atom. The Morgan fingerprint density at radius 2 is 2.14 bits per heavy atom. The summed E-state index contributed by atoms with van der Waals surface area (Å²) < 4.78 is 5.49. The van der Waals surface area contributed by atoms with Crippen molar-refractivity contribution in [1.82, 2.24) is 0 Å². The van der Waals surface area contributed by atoms with Crippen LogP contribution in [0.2, 0.25) is 5.02 Å². The van der Waals surface area contributed by atoms with Crippen molar-refractivity contribution in [2.75, 3.05) is 6.61 Å². The van der Waals surface area contributed by atoms with Crippen LogP contribution in [0.4, 0.5) is 0 Å². The second kappa shape index (κ2) is 5.23. The zero-order chi connectivity index (χ0) is 10.6. The molecule has 0 saturated carbocycles. The lowest BCUT2D eigenvalue weighted by Gasteiger charge is -2.16. The van der Waals surface area contributed by atoms with E-state index >= 15 is 0 Å². The fourth-order valence-corrected chi connectivity index (χ4v) is 1.59. The Kier molecular flexibility index (Phi) is 4.23. The van der Waals surface area contributed by atoms with Crippen molar-refractivity contribution in [3.05, 3.63) is 28.8 Å². The van der Waals surface area contributed by atoms with Gasteiger partial charge in [-0.3, -0.25) is 0 Å². The van der Waals surface area contributed by atoms with Gasteiger partial charge in [0, 0.05) is 17.2 Å². The summed E-state index contributed by atoms with van der Waals surface area (Å²) in [4.78, 5) is 0. The van der Waals surface area contributed by atoms with E-state index in [4.69, 9.17) is 16.3 Å². The molecule has 14 heavy (non-hydrogen) atoms. The molecule has 2 nitrogen and oxygen atoms in total. The topological polar surface area (TPSA) is 29.5 Å². The van der Waals surface area contributed by atoms with Crippen LogP contribution in [0.5, 0.6) is 5.75 Å². The molecule has 1 N–H and O–H groups in total. The second-order valence-electron chi connectivity index (χ2n) is 3.06. The van der Waals surface area contributed by atoms with Crippen molar-refractivity contribution in [3.63, 3.8) is 0 Å². The SMILES string of the molecule is CCOC(CC)c1cc(Cl)ccc1O. The van der Waals surface area contributed by atoms with Crippen LogP contribution < -0.4 is 0 Å². The molecule has 1 unspecified atom stereocenters. The number of halogens is 1. The number of hydrogen-bond donors (Lipinski definition) is 1. The van der Waals surface area contributed by atoms with Crippen LogP contribution in [-0.4, -0.2) is 11.7 Å². The molecule has 0 radical (unpaired) electrons. The monoisotopic (exact) mass is 214 g/mol. The largest absolute Gasteiger partial charge is 0.508 e. The van der Waals surface area contributed by atoms with Gasteiger partial charge < -0.3 is 9.84 Å². The molecule has 1 atom stereocenters. The van der Waals surface area contributed by atoms with Gasteiger partial charge in [-0.15, -0.1) is 0 Å². The number of aromatic hydroxyl groups is 1. The molecule has 0 aliphatic rings. The van der Waals surface area contributed by atoms with Crippen LogP contribution in [0.3, 0.4) is 0 Å². The zero-order valence-corrected chi connectivity index (χ0v) is 9.21. The standard InChI is InChI=1S/C11H15ClO2/c1-3-11(14-4-2)9-7-8(12)5-6-10(9)13/h5-7,11,13H,3-4H2,1-2H3. The predicted octanol–water partition coefficient (Wildman–Crippen LogP) is 3.53. The van der Waals surface area contributed by atoms with Crippen molar-refractivity contribution in [3.8, 4) is 5.75 Å². The van der Waals surface area contributed by atoms with E-state index in [1.54, 1.807) is 18.2 Å². The van der Waals surface area contributed by atoms with Gasteiger partial charge in [-0.2, -0.15) is 0 Å². The maximum absolute atomic E-state index is 9.62. The molecule has 1 aromatic rings. The van der Waals surface area contributed by atoms with Crippen molar-refractivity contribution in [2.24, 2.45) is 0 Å². The van der Waals surface area contributed by atoms with Crippen LogP contribution in [0.15, 0.2) is 18.2 Å². The average molecular weight is 215 g/mol. The third-order valence-corrected chi connectivity index (χ3v) is 2.31. The number of rotatable bonds is 4. The van der Waals surface area contributed by atoms with Crippen LogP contribution in [0.25, 0.3) is 0 Å². The third-order valence-electron chi connectivity index (χ3n) is 2.08. The van der Waals surface area contributed by atoms with Gasteiger partial charge in [-0.05, 0) is 31.5 Å². The molecule has 0 spiro atoms. The average Bonchev–Trinajstić information content (AvgIpc) is 2.18. The smallest absolute Gasteiger partial charge is 0.121 e. The quantitative estimate of drug-likeness (QED) is 0.831. The number of phenolic OH excluding ortho intramolecular Hbond substituents is 1. The molecule has 0 heterocycles. The molecule has 1 rings (SSSR count). The molecular formula is C11H15ClO2. The predicted molar refractivity (Wildman–Crippen MR) is 57.8 cm³/mol. The summed E-state index contributed by atoms with van der Waals surface area (Å²) in [7, 11) is 0. The first-order valence-corrected chi connectivity index (χ1v) is 5.16. The van der Waals surface area contributed by atoms with Crippen molar-refractivity contribution >= 4 is 11.6 Å². The van der Waals surface area contributed by atoms with Gasteiger partial charge in [0.25, 0.3) is 0 Å². The number of benzene rings is 1. The summed E-state index contributed by atoms with van der Waals surface area (Å²) in [5.41, 5.74) is 0.766. The number of phenols is 1. The molecule has 1 aromatic carbocycles. The lowest BCUT2D eigenvalue weighted by Crippen LogP contribution is -2.03. The summed E-state index contributed by atoms with van der Waals surface area (Å²) in [5.74, 6) is 0.245. The Morgan fingerprint density at radius 1 is 1.43 bits per heavy atom. The van der Waals surface area contributed by atoms with Gasteiger partial charge in [0.2, 0.25) is 0 Å². The molecule has 0 aliphatic heterocycles. The fraction of sp³-hybridized carbons (Fsp3) is 0.455. The van der Waals surface area contributed by atoms with E-state index in [-0.39, 0.29) is 11.9 Å².